The summed E-state index contributed by atoms with van der Waals surface area (Å²) >= 11 is 0. The predicted molar refractivity (Wildman–Crippen MR) is 56.2 cm³/mol. The average molecular weight is 209 g/mol. The highest BCUT2D eigenvalue weighted by atomic mass is 16.3. The summed E-state index contributed by atoms with van der Waals surface area (Å²) in [4.78, 5) is 11.2. The maximum atomic E-state index is 11.2. The minimum Gasteiger partial charge on any atom is -0.390 e. The summed E-state index contributed by atoms with van der Waals surface area (Å²) < 4.78 is 0. The molecule has 3 unspecified atom stereocenters. The van der Waals surface area contributed by atoms with Crippen molar-refractivity contribution in [3.05, 3.63) is 0 Å². The molecule has 3 heteroatoms. The molecule has 0 aliphatic heterocycles. The van der Waals surface area contributed by atoms with Crippen LogP contribution in [0.25, 0.3) is 0 Å². The largest absolute Gasteiger partial charge is 0.390 e. The molecule has 4 atom stereocenters. The van der Waals surface area contributed by atoms with E-state index in [0.717, 1.165) is 32.1 Å². The van der Waals surface area contributed by atoms with Crippen LogP contribution in [-0.4, -0.2) is 22.2 Å². The van der Waals surface area contributed by atoms with Gasteiger partial charge in [-0.05, 0) is 50.4 Å². The van der Waals surface area contributed by atoms with Crippen molar-refractivity contribution in [2.45, 2.75) is 56.6 Å². The Kier molecular flexibility index (Phi) is 1.77. The van der Waals surface area contributed by atoms with E-state index in [1.165, 1.54) is 6.42 Å². The lowest BCUT2D eigenvalue weighted by Gasteiger charge is -2.60. The van der Waals surface area contributed by atoms with Gasteiger partial charge in [-0.2, -0.15) is 0 Å². The molecule has 4 bridgehead atoms. The van der Waals surface area contributed by atoms with Crippen LogP contribution in [0.1, 0.15) is 45.4 Å². The first-order valence-electron chi connectivity index (χ1n) is 6.00. The molecule has 1 amide bonds. The van der Waals surface area contributed by atoms with E-state index in [-0.39, 0.29) is 11.4 Å². The van der Waals surface area contributed by atoms with Crippen molar-refractivity contribution in [3.8, 4) is 0 Å². The minimum absolute atomic E-state index is 0.0561. The molecule has 4 rings (SSSR count). The molecule has 0 radical (unpaired) electrons. The van der Waals surface area contributed by atoms with Gasteiger partial charge in [0.25, 0.3) is 0 Å². The third kappa shape index (κ3) is 1.48. The molecule has 4 saturated carbocycles. The Morgan fingerprint density at radius 2 is 1.87 bits per heavy atom. The van der Waals surface area contributed by atoms with Crippen molar-refractivity contribution < 1.29 is 9.90 Å². The number of hydrogen-bond acceptors (Lipinski definition) is 2. The Balaban J connectivity index is 1.89. The topological polar surface area (TPSA) is 49.3 Å². The van der Waals surface area contributed by atoms with E-state index in [0.29, 0.717) is 11.8 Å². The number of carbonyl (C=O) groups is 1. The van der Waals surface area contributed by atoms with Crippen molar-refractivity contribution in [1.29, 1.82) is 0 Å². The number of nitrogens with one attached hydrogen (secondary N) is 1. The van der Waals surface area contributed by atoms with Crippen LogP contribution in [0.4, 0.5) is 0 Å². The van der Waals surface area contributed by atoms with Gasteiger partial charge in [0.2, 0.25) is 5.91 Å². The zero-order valence-corrected chi connectivity index (χ0v) is 9.25. The zero-order valence-electron chi connectivity index (χ0n) is 9.25. The summed E-state index contributed by atoms with van der Waals surface area (Å²) in [5.41, 5.74) is -0.531. The summed E-state index contributed by atoms with van der Waals surface area (Å²) in [6, 6.07) is 0. The van der Waals surface area contributed by atoms with Crippen LogP contribution in [0.2, 0.25) is 0 Å². The molecule has 15 heavy (non-hydrogen) atoms. The lowest BCUT2D eigenvalue weighted by molar-refractivity contribution is -0.149. The molecule has 0 aromatic carbocycles. The molecular weight excluding hydrogens is 190 g/mol. The van der Waals surface area contributed by atoms with Crippen molar-refractivity contribution in [3.63, 3.8) is 0 Å². The Labute approximate surface area is 90.2 Å². The van der Waals surface area contributed by atoms with E-state index in [4.69, 9.17) is 0 Å². The second-order valence-corrected chi connectivity index (χ2v) is 6.15. The predicted octanol–water partition coefficient (Wildman–Crippen LogP) is 1.21. The van der Waals surface area contributed by atoms with Crippen LogP contribution < -0.4 is 5.32 Å². The van der Waals surface area contributed by atoms with Crippen LogP contribution in [0.15, 0.2) is 0 Å². The molecule has 4 aliphatic carbocycles. The zero-order chi connectivity index (χ0) is 10.7. The molecule has 4 aliphatic rings. The summed E-state index contributed by atoms with van der Waals surface area (Å²) in [6.45, 7) is 1.59. The number of amides is 1. The van der Waals surface area contributed by atoms with Crippen LogP contribution in [0.5, 0.6) is 0 Å². The van der Waals surface area contributed by atoms with Crippen LogP contribution in [0.3, 0.4) is 0 Å². The Morgan fingerprint density at radius 1 is 1.27 bits per heavy atom. The van der Waals surface area contributed by atoms with Gasteiger partial charge in [0, 0.05) is 12.5 Å². The quantitative estimate of drug-likeness (QED) is 0.682. The molecule has 0 saturated heterocycles. The monoisotopic (exact) mass is 209 g/mol. The van der Waals surface area contributed by atoms with E-state index in [1.807, 2.05) is 0 Å². The third-order valence-electron chi connectivity index (χ3n) is 4.47. The van der Waals surface area contributed by atoms with Gasteiger partial charge in [-0.15, -0.1) is 0 Å². The van der Waals surface area contributed by atoms with Crippen LogP contribution in [-0.2, 0) is 4.79 Å². The van der Waals surface area contributed by atoms with E-state index in [1.54, 1.807) is 6.92 Å². The fourth-order valence-electron chi connectivity index (χ4n) is 4.73. The van der Waals surface area contributed by atoms with Gasteiger partial charge < -0.3 is 10.4 Å². The number of carbonyl (C=O) groups excluding carboxylic acids is 1. The lowest BCUT2D eigenvalue weighted by atomic mass is 9.51. The normalized spacial score (nSPS) is 51.9. The molecule has 0 heterocycles. The van der Waals surface area contributed by atoms with Gasteiger partial charge in [0.15, 0.2) is 0 Å². The standard InChI is InChI=1S/C12H19NO2/c1-8(14)13-11-3-9-2-10(4-11)6-12(15,5-9)7-11/h9-10,15H,2-7H2,1H3,(H,13,14)/t9-,10?,11?,12?/m0/s1. The van der Waals surface area contributed by atoms with Crippen molar-refractivity contribution in [2.75, 3.05) is 0 Å². The first-order valence-corrected chi connectivity index (χ1v) is 6.00. The Hall–Kier alpha value is -0.570. The molecular formula is C12H19NO2. The maximum absolute atomic E-state index is 11.2. The summed E-state index contributed by atoms with van der Waals surface area (Å²) in [7, 11) is 0. The van der Waals surface area contributed by atoms with Crippen LogP contribution >= 0.6 is 0 Å². The summed E-state index contributed by atoms with van der Waals surface area (Å²) in [6.07, 6.45) is 6.16. The van der Waals surface area contributed by atoms with Gasteiger partial charge in [-0.1, -0.05) is 0 Å². The minimum atomic E-state index is -0.466. The van der Waals surface area contributed by atoms with Gasteiger partial charge in [0.05, 0.1) is 5.60 Å². The highest BCUT2D eigenvalue weighted by molar-refractivity contribution is 5.74. The van der Waals surface area contributed by atoms with Crippen molar-refractivity contribution in [1.82, 2.24) is 5.32 Å². The second-order valence-electron chi connectivity index (χ2n) is 6.15. The lowest BCUT2D eigenvalue weighted by Crippen LogP contribution is -2.65. The molecule has 0 spiro atoms. The van der Waals surface area contributed by atoms with Gasteiger partial charge >= 0.3 is 0 Å². The number of aliphatic hydroxyl groups is 1. The fourth-order valence-corrected chi connectivity index (χ4v) is 4.73. The van der Waals surface area contributed by atoms with Gasteiger partial charge in [-0.25, -0.2) is 0 Å². The van der Waals surface area contributed by atoms with Crippen LogP contribution in [0, 0.1) is 11.8 Å². The Morgan fingerprint density at radius 3 is 2.33 bits per heavy atom. The molecule has 4 fully saturated rings. The molecule has 0 aromatic rings. The molecule has 0 aromatic heterocycles. The first kappa shape index (κ1) is 9.64. The summed E-state index contributed by atoms with van der Waals surface area (Å²) in [5.74, 6) is 1.34. The van der Waals surface area contributed by atoms with E-state index in [2.05, 4.69) is 5.32 Å². The van der Waals surface area contributed by atoms with Crippen molar-refractivity contribution >= 4 is 5.91 Å². The number of rotatable bonds is 1. The SMILES string of the molecule is CC(=O)NC12CC3C[C@H](CC(O)(C3)C1)C2. The van der Waals surface area contributed by atoms with Crippen molar-refractivity contribution in [2.24, 2.45) is 11.8 Å². The van der Waals surface area contributed by atoms with Gasteiger partial charge in [-0.3, -0.25) is 4.79 Å². The van der Waals surface area contributed by atoms with Gasteiger partial charge in [0.1, 0.15) is 0 Å². The summed E-state index contributed by atoms with van der Waals surface area (Å²) in [5, 5.41) is 13.5. The van der Waals surface area contributed by atoms with E-state index in [9.17, 15) is 9.90 Å². The van der Waals surface area contributed by atoms with E-state index < -0.39 is 5.60 Å². The third-order valence-corrected chi connectivity index (χ3v) is 4.47. The smallest absolute Gasteiger partial charge is 0.217 e. The highest BCUT2D eigenvalue weighted by Gasteiger charge is 2.57. The fraction of sp³-hybridized carbons (Fsp3) is 0.917. The average Bonchev–Trinajstić information content (AvgIpc) is 1.94. The molecule has 3 nitrogen and oxygen atoms in total. The molecule has 2 N–H and O–H groups in total. The van der Waals surface area contributed by atoms with E-state index >= 15 is 0 Å². The first-order chi connectivity index (χ1) is 6.99. The Bertz CT molecular complexity index is 299. The number of hydrogen-bond donors (Lipinski definition) is 2. The second kappa shape index (κ2) is 2.76. The molecule has 84 valence electrons. The highest BCUT2D eigenvalue weighted by Crippen LogP contribution is 2.57. The maximum Gasteiger partial charge on any atom is 0.217 e.